The molecule has 0 radical (unpaired) electrons. The monoisotopic (exact) mass is 524 g/mol. The van der Waals surface area contributed by atoms with E-state index in [0.29, 0.717) is 18.3 Å². The smallest absolute Gasteiger partial charge is 0.303 e. The Kier molecular flexibility index (Phi) is 6.38. The molecule has 1 unspecified atom stereocenters. The molecular formula is C25H33BrO7. The Hall–Kier alpha value is -1.03. The van der Waals surface area contributed by atoms with E-state index in [1.807, 2.05) is 31.2 Å². The Morgan fingerprint density at radius 3 is 2.67 bits per heavy atom. The molecule has 1 aromatic rings. The van der Waals surface area contributed by atoms with E-state index in [0.717, 1.165) is 35.7 Å². The number of aliphatic carboxylic acids is 1. The largest absolute Gasteiger partial charge is 0.481 e. The predicted molar refractivity (Wildman–Crippen MR) is 122 cm³/mol. The van der Waals surface area contributed by atoms with Crippen molar-refractivity contribution in [2.45, 2.75) is 89.4 Å². The van der Waals surface area contributed by atoms with Crippen LogP contribution in [0.25, 0.3) is 0 Å². The number of rotatable bonds is 6. The lowest BCUT2D eigenvalue weighted by molar-refractivity contribution is -0.578. The first-order chi connectivity index (χ1) is 15.7. The lowest BCUT2D eigenvalue weighted by atomic mass is 9.58. The summed E-state index contributed by atoms with van der Waals surface area (Å²) < 4.78 is 20.5. The predicted octanol–water partition coefficient (Wildman–Crippen LogP) is 5.58. The van der Waals surface area contributed by atoms with Gasteiger partial charge in [0.25, 0.3) is 0 Å². The van der Waals surface area contributed by atoms with Crippen molar-refractivity contribution in [3.8, 4) is 0 Å². The zero-order valence-electron chi connectivity index (χ0n) is 19.4. The molecule has 182 valence electrons. The van der Waals surface area contributed by atoms with Gasteiger partial charge < -0.3 is 19.3 Å². The molecule has 5 fully saturated rings. The highest BCUT2D eigenvalue weighted by molar-refractivity contribution is 9.10. The molecule has 1 spiro atoms. The molecule has 33 heavy (non-hydrogen) atoms. The molecule has 1 N–H and O–H groups in total. The summed E-state index contributed by atoms with van der Waals surface area (Å²) in [4.78, 5) is 23.4. The zero-order chi connectivity index (χ0) is 23.4. The van der Waals surface area contributed by atoms with Gasteiger partial charge in [0.05, 0.1) is 6.10 Å². The second-order valence-electron chi connectivity index (χ2n) is 10.4. The fourth-order valence-electron chi connectivity index (χ4n) is 6.43. The topological polar surface area (TPSA) is 83.5 Å². The lowest BCUT2D eigenvalue weighted by Crippen LogP contribution is -2.70. The van der Waals surface area contributed by atoms with Crippen LogP contribution in [0, 0.1) is 23.7 Å². The second kappa shape index (κ2) is 8.88. The van der Waals surface area contributed by atoms with Crippen LogP contribution in [-0.2, 0) is 28.8 Å². The maximum absolute atomic E-state index is 11.3. The number of ether oxygens (including phenoxy) is 3. The summed E-state index contributed by atoms with van der Waals surface area (Å²) in [6.45, 7) is 6.34. The van der Waals surface area contributed by atoms with E-state index in [1.165, 1.54) is 0 Å². The van der Waals surface area contributed by atoms with E-state index in [4.69, 9.17) is 24.0 Å². The Morgan fingerprint density at radius 1 is 1.18 bits per heavy atom. The van der Waals surface area contributed by atoms with Gasteiger partial charge in [-0.3, -0.25) is 4.79 Å². The van der Waals surface area contributed by atoms with Crippen LogP contribution in [0.4, 0.5) is 0 Å². The SMILES string of the molecule is C[C@@H]1CCC2[C@@H](C)[C@@H](O[C@@H](CCC(=O)O)c3ccc(Br)cc3)O[C@@H]3O[C@]4(C)CC[C@@H]1[C@@]23OO4. The Morgan fingerprint density at radius 2 is 1.94 bits per heavy atom. The van der Waals surface area contributed by atoms with Gasteiger partial charge in [-0.25, -0.2) is 9.78 Å². The van der Waals surface area contributed by atoms with Gasteiger partial charge >= 0.3 is 5.97 Å². The van der Waals surface area contributed by atoms with Crippen LogP contribution in [0.5, 0.6) is 0 Å². The van der Waals surface area contributed by atoms with Gasteiger partial charge in [0, 0.05) is 29.2 Å². The number of fused-ring (bicyclic) bond motifs is 2. The second-order valence-corrected chi connectivity index (χ2v) is 11.3. The van der Waals surface area contributed by atoms with Gasteiger partial charge in [0.15, 0.2) is 18.2 Å². The summed E-state index contributed by atoms with van der Waals surface area (Å²) in [6, 6.07) is 7.82. The molecule has 5 aliphatic rings. The minimum Gasteiger partial charge on any atom is -0.481 e. The van der Waals surface area contributed by atoms with Crippen LogP contribution < -0.4 is 0 Å². The summed E-state index contributed by atoms with van der Waals surface area (Å²) in [5.41, 5.74) is 0.293. The summed E-state index contributed by atoms with van der Waals surface area (Å²) in [6.07, 6.45) is 2.71. The fraction of sp³-hybridized carbons (Fsp3) is 0.720. The van der Waals surface area contributed by atoms with Crippen molar-refractivity contribution >= 4 is 21.9 Å². The number of hydrogen-bond donors (Lipinski definition) is 1. The van der Waals surface area contributed by atoms with Gasteiger partial charge in [0.2, 0.25) is 5.79 Å². The Labute approximate surface area is 203 Å². The summed E-state index contributed by atoms with van der Waals surface area (Å²) >= 11 is 3.47. The Bertz CT molecular complexity index is 878. The van der Waals surface area contributed by atoms with Crippen molar-refractivity contribution in [2.75, 3.05) is 0 Å². The normalized spacial score (nSPS) is 42.9. The maximum atomic E-state index is 11.3. The van der Waals surface area contributed by atoms with Gasteiger partial charge in [-0.2, -0.15) is 0 Å². The van der Waals surface area contributed by atoms with Crippen molar-refractivity contribution in [1.82, 2.24) is 0 Å². The third-order valence-electron chi connectivity index (χ3n) is 8.26. The van der Waals surface area contributed by atoms with Gasteiger partial charge in [-0.1, -0.05) is 41.9 Å². The molecule has 0 amide bonds. The van der Waals surface area contributed by atoms with E-state index in [9.17, 15) is 9.90 Å². The lowest BCUT2D eigenvalue weighted by Gasteiger charge is -2.60. The molecule has 4 aliphatic heterocycles. The average molecular weight is 525 g/mol. The highest BCUT2D eigenvalue weighted by atomic mass is 79.9. The first kappa shape index (κ1) is 23.7. The minimum absolute atomic E-state index is 0.0176. The molecule has 7 nitrogen and oxygen atoms in total. The van der Waals surface area contributed by atoms with E-state index in [-0.39, 0.29) is 18.3 Å². The van der Waals surface area contributed by atoms with Crippen LogP contribution in [-0.4, -0.2) is 35.0 Å². The summed E-state index contributed by atoms with van der Waals surface area (Å²) in [5.74, 6) is -0.691. The highest BCUT2D eigenvalue weighted by Crippen LogP contribution is 2.60. The van der Waals surface area contributed by atoms with E-state index in [2.05, 4.69) is 29.8 Å². The van der Waals surface area contributed by atoms with Crippen LogP contribution in [0.1, 0.15) is 71.0 Å². The summed E-state index contributed by atoms with van der Waals surface area (Å²) in [5, 5.41) is 9.29. The van der Waals surface area contributed by atoms with Gasteiger partial charge in [-0.15, -0.1) is 0 Å². The molecule has 0 aromatic heterocycles. The first-order valence-electron chi connectivity index (χ1n) is 12.0. The zero-order valence-corrected chi connectivity index (χ0v) is 21.0. The number of hydrogen-bond acceptors (Lipinski definition) is 6. The van der Waals surface area contributed by atoms with Gasteiger partial charge in [0.1, 0.15) is 0 Å². The molecule has 9 atom stereocenters. The average Bonchev–Trinajstić information content (AvgIpc) is 3.01. The van der Waals surface area contributed by atoms with Crippen molar-refractivity contribution in [3.05, 3.63) is 34.3 Å². The number of carboxylic acids is 1. The number of benzene rings is 1. The van der Waals surface area contributed by atoms with Crippen molar-refractivity contribution < 1.29 is 33.9 Å². The molecular weight excluding hydrogens is 492 g/mol. The third-order valence-corrected chi connectivity index (χ3v) is 8.79. The van der Waals surface area contributed by atoms with E-state index >= 15 is 0 Å². The van der Waals surface area contributed by atoms with Crippen LogP contribution in [0.15, 0.2) is 28.7 Å². The molecule has 1 saturated carbocycles. The van der Waals surface area contributed by atoms with E-state index in [1.54, 1.807) is 0 Å². The maximum Gasteiger partial charge on any atom is 0.303 e. The number of carbonyl (C=O) groups is 1. The van der Waals surface area contributed by atoms with Crippen LogP contribution in [0.2, 0.25) is 0 Å². The molecule has 4 saturated heterocycles. The summed E-state index contributed by atoms with van der Waals surface area (Å²) in [7, 11) is 0. The first-order valence-corrected chi connectivity index (χ1v) is 12.8. The molecule has 8 heteroatoms. The number of halogens is 1. The fourth-order valence-corrected chi connectivity index (χ4v) is 6.70. The van der Waals surface area contributed by atoms with Crippen LogP contribution in [0.3, 0.4) is 0 Å². The molecule has 2 bridgehead atoms. The van der Waals surface area contributed by atoms with Crippen LogP contribution >= 0.6 is 15.9 Å². The standard InChI is InChI=1S/C25H33BrO7/c1-14-4-9-19-15(2)22(29-20(10-11-21(27)28)16-5-7-17(26)8-6-16)30-23-25(19)18(14)12-13-24(3,31-23)32-33-25/h5-8,14-15,18-20,22-23H,4,9-13H2,1-3H3,(H,27,28)/t14-,15-,18+,19?,20+,22+,23-,24+,25-/m1/s1. The molecule has 1 aliphatic carbocycles. The molecule has 1 aromatic carbocycles. The number of carboxylic acid groups (broad SMARTS) is 1. The van der Waals surface area contributed by atoms with E-state index < -0.39 is 36.0 Å². The van der Waals surface area contributed by atoms with Crippen molar-refractivity contribution in [3.63, 3.8) is 0 Å². The minimum atomic E-state index is -0.843. The van der Waals surface area contributed by atoms with Crippen molar-refractivity contribution in [2.24, 2.45) is 23.7 Å². The third kappa shape index (κ3) is 4.17. The molecule has 4 heterocycles. The highest BCUT2D eigenvalue weighted by Gasteiger charge is 2.69. The Balaban J connectivity index is 1.43. The van der Waals surface area contributed by atoms with Crippen molar-refractivity contribution in [1.29, 1.82) is 0 Å². The van der Waals surface area contributed by atoms with Gasteiger partial charge in [-0.05, 0) is 62.1 Å². The quantitative estimate of drug-likeness (QED) is 0.486. The molecule has 6 rings (SSSR count).